The molecule has 15 atom stereocenters. The third kappa shape index (κ3) is 9.00. The van der Waals surface area contributed by atoms with Crippen LogP contribution in [0.15, 0.2) is 0 Å². The van der Waals surface area contributed by atoms with Crippen LogP contribution >= 0.6 is 0 Å². The van der Waals surface area contributed by atoms with Crippen LogP contribution < -0.4 is 22.9 Å². The van der Waals surface area contributed by atoms with Gasteiger partial charge in [0.2, 0.25) is 0 Å². The van der Waals surface area contributed by atoms with E-state index in [1.807, 2.05) is 0 Å². The number of aliphatic hydroxyl groups excluding tert-OH is 5. The molecule has 4 aliphatic rings. The van der Waals surface area contributed by atoms with Crippen LogP contribution in [0.2, 0.25) is 0 Å². The number of hydrogen-bond donors (Lipinski definition) is 9. The average molecular weight is 643 g/mol. The number of rotatable bonds is 5. The van der Waals surface area contributed by atoms with Crippen molar-refractivity contribution in [2.75, 3.05) is 66.0 Å². The van der Waals surface area contributed by atoms with Crippen molar-refractivity contribution in [3.05, 3.63) is 0 Å². The lowest BCUT2D eigenvalue weighted by Crippen LogP contribution is -2.68. The van der Waals surface area contributed by atoms with E-state index in [1.165, 1.54) is 0 Å². The largest absolute Gasteiger partial charge is 0.388 e. The summed E-state index contributed by atoms with van der Waals surface area (Å²) in [6.45, 7) is 2.51. The summed E-state index contributed by atoms with van der Waals surface area (Å²) in [5.41, 5.74) is 24.6. The molecule has 18 heteroatoms. The number of hydrogen-bond acceptors (Lipinski definition) is 18. The standard InChI is InChI=1S/C26H50N4O14/c27-10-14-17(31)19(33)20(34)26(41-14)44-23-13(29)9-12(28)22(21(23)35)43-25-18(32)16(30)24-15(42-25)11-39-6-5-37-2-1-36-3-4-38-7-8-40-24/h12-26,31-35H,1-11,27-30H2/t12-,13?,14?,15-,16?,17-,18-,19+,20?,21?,22-,23-,24-,25?,26-/m1/s1. The van der Waals surface area contributed by atoms with E-state index in [-0.39, 0.29) is 39.4 Å². The van der Waals surface area contributed by atoms with Crippen molar-refractivity contribution < 1.29 is 68.2 Å². The molecule has 44 heavy (non-hydrogen) atoms. The molecule has 3 aliphatic heterocycles. The van der Waals surface area contributed by atoms with Crippen LogP contribution in [0.4, 0.5) is 0 Å². The van der Waals surface area contributed by atoms with Gasteiger partial charge in [0.1, 0.15) is 61.0 Å². The average Bonchev–Trinajstić information content (AvgIpc) is 3.00. The number of aliphatic hydroxyl groups is 5. The van der Waals surface area contributed by atoms with Crippen molar-refractivity contribution in [1.29, 1.82) is 0 Å². The maximum Gasteiger partial charge on any atom is 0.187 e. The minimum atomic E-state index is -1.66. The molecule has 4 rings (SSSR count). The molecule has 1 saturated carbocycles. The molecule has 6 unspecified atom stereocenters. The summed E-state index contributed by atoms with van der Waals surface area (Å²) in [4.78, 5) is 0. The van der Waals surface area contributed by atoms with Crippen molar-refractivity contribution in [2.45, 2.75) is 98.2 Å². The summed E-state index contributed by atoms with van der Waals surface area (Å²) in [7, 11) is 0. The zero-order chi connectivity index (χ0) is 31.8. The molecule has 13 N–H and O–H groups in total. The van der Waals surface area contributed by atoms with Crippen LogP contribution in [-0.2, 0) is 42.6 Å². The molecule has 3 heterocycles. The van der Waals surface area contributed by atoms with Gasteiger partial charge in [-0.25, -0.2) is 0 Å². The second kappa shape index (κ2) is 17.4. The second-order valence-electron chi connectivity index (χ2n) is 11.4. The predicted octanol–water partition coefficient (Wildman–Crippen LogP) is -6.18. The first-order valence-corrected chi connectivity index (χ1v) is 15.1. The molecule has 258 valence electrons. The van der Waals surface area contributed by atoms with E-state index in [9.17, 15) is 25.5 Å². The normalized spacial score (nSPS) is 47.5. The van der Waals surface area contributed by atoms with Gasteiger partial charge in [0.15, 0.2) is 12.6 Å². The fourth-order valence-electron chi connectivity index (χ4n) is 5.69. The molecule has 0 amide bonds. The molecule has 0 radical (unpaired) electrons. The first-order valence-electron chi connectivity index (χ1n) is 15.1. The third-order valence-corrected chi connectivity index (χ3v) is 8.21. The van der Waals surface area contributed by atoms with Gasteiger partial charge < -0.3 is 91.1 Å². The number of ether oxygens (including phenoxy) is 9. The molecule has 4 fully saturated rings. The fourth-order valence-corrected chi connectivity index (χ4v) is 5.69. The summed E-state index contributed by atoms with van der Waals surface area (Å²) in [6, 6.07) is -2.61. The van der Waals surface area contributed by atoms with E-state index in [2.05, 4.69) is 0 Å². The van der Waals surface area contributed by atoms with Gasteiger partial charge in [0, 0.05) is 18.6 Å². The maximum absolute atomic E-state index is 11.3. The summed E-state index contributed by atoms with van der Waals surface area (Å²) in [6.07, 6.45) is -15.2. The highest BCUT2D eigenvalue weighted by Crippen LogP contribution is 2.32. The van der Waals surface area contributed by atoms with Crippen LogP contribution in [0.5, 0.6) is 0 Å². The van der Waals surface area contributed by atoms with Crippen LogP contribution in [0.1, 0.15) is 6.42 Å². The fraction of sp³-hybridized carbons (Fsp3) is 1.00. The van der Waals surface area contributed by atoms with Gasteiger partial charge in [-0.05, 0) is 6.42 Å². The Bertz CT molecular complexity index is 838. The van der Waals surface area contributed by atoms with Gasteiger partial charge >= 0.3 is 0 Å². The SMILES string of the molecule is NCC1O[C@H](O[C@@H]2C(N)C[C@@H](N)[C@@H](OC3O[C@@H]4COCCOCCOCCOCCO[C@H]4C(N)[C@H]3O)C2O)C(O)[C@@H](O)[C@@H]1O. The van der Waals surface area contributed by atoms with E-state index in [1.54, 1.807) is 0 Å². The number of fused-ring (bicyclic) bond motifs is 1. The van der Waals surface area contributed by atoms with E-state index < -0.39 is 91.7 Å². The monoisotopic (exact) mass is 642 g/mol. The first-order chi connectivity index (χ1) is 21.1. The highest BCUT2D eigenvalue weighted by atomic mass is 16.7. The molecule has 0 bridgehead atoms. The molecule has 18 nitrogen and oxygen atoms in total. The summed E-state index contributed by atoms with van der Waals surface area (Å²) in [5.74, 6) is 0. The Kier molecular flexibility index (Phi) is 14.3. The molecule has 0 aromatic carbocycles. The molecule has 0 aromatic heterocycles. The lowest BCUT2D eigenvalue weighted by atomic mass is 9.84. The summed E-state index contributed by atoms with van der Waals surface area (Å²) >= 11 is 0. The molecular formula is C26H50N4O14. The van der Waals surface area contributed by atoms with Crippen LogP contribution in [0.3, 0.4) is 0 Å². The van der Waals surface area contributed by atoms with Gasteiger partial charge in [-0.1, -0.05) is 0 Å². The Morgan fingerprint density at radius 3 is 1.68 bits per heavy atom. The molecule has 0 aromatic rings. The predicted molar refractivity (Wildman–Crippen MR) is 148 cm³/mol. The van der Waals surface area contributed by atoms with E-state index in [4.69, 9.17) is 65.6 Å². The second-order valence-corrected chi connectivity index (χ2v) is 11.4. The van der Waals surface area contributed by atoms with Crippen LogP contribution in [0, 0.1) is 0 Å². The third-order valence-electron chi connectivity index (χ3n) is 8.21. The maximum atomic E-state index is 11.3. The van der Waals surface area contributed by atoms with Gasteiger partial charge in [-0.15, -0.1) is 0 Å². The topological polar surface area (TPSA) is 288 Å². The van der Waals surface area contributed by atoms with Crippen LogP contribution in [-0.4, -0.2) is 183 Å². The van der Waals surface area contributed by atoms with Crippen LogP contribution in [0.25, 0.3) is 0 Å². The number of nitrogens with two attached hydrogens (primary N) is 4. The molecular weight excluding hydrogens is 592 g/mol. The Morgan fingerprint density at radius 2 is 1.11 bits per heavy atom. The zero-order valence-electron chi connectivity index (χ0n) is 24.7. The Labute approximate surface area is 255 Å². The van der Waals surface area contributed by atoms with Crippen molar-refractivity contribution >= 4 is 0 Å². The highest BCUT2D eigenvalue weighted by Gasteiger charge is 2.52. The Balaban J connectivity index is 1.42. The van der Waals surface area contributed by atoms with E-state index in [0.717, 1.165) is 0 Å². The molecule has 3 saturated heterocycles. The van der Waals surface area contributed by atoms with E-state index in [0.29, 0.717) is 33.0 Å². The smallest absolute Gasteiger partial charge is 0.187 e. The first kappa shape index (κ1) is 36.1. The van der Waals surface area contributed by atoms with Crippen molar-refractivity contribution in [2.24, 2.45) is 22.9 Å². The lowest BCUT2D eigenvalue weighted by molar-refractivity contribution is -0.333. The summed E-state index contributed by atoms with van der Waals surface area (Å²) in [5, 5.41) is 53.2. The summed E-state index contributed by atoms with van der Waals surface area (Å²) < 4.78 is 51.6. The Hall–Kier alpha value is -0.720. The minimum absolute atomic E-state index is 0.0366. The Morgan fingerprint density at radius 1 is 0.591 bits per heavy atom. The highest BCUT2D eigenvalue weighted by molar-refractivity contribution is 5.01. The molecule has 0 spiro atoms. The van der Waals surface area contributed by atoms with E-state index >= 15 is 0 Å². The van der Waals surface area contributed by atoms with Gasteiger partial charge in [0.25, 0.3) is 0 Å². The van der Waals surface area contributed by atoms with Gasteiger partial charge in [0.05, 0.1) is 65.5 Å². The van der Waals surface area contributed by atoms with Gasteiger partial charge in [-0.3, -0.25) is 0 Å². The lowest BCUT2D eigenvalue weighted by Gasteiger charge is -2.48. The quantitative estimate of drug-likeness (QED) is 0.135. The van der Waals surface area contributed by atoms with Gasteiger partial charge in [-0.2, -0.15) is 0 Å². The minimum Gasteiger partial charge on any atom is -0.388 e. The molecule has 1 aliphatic carbocycles. The van der Waals surface area contributed by atoms with Crippen molar-refractivity contribution in [3.8, 4) is 0 Å². The van der Waals surface area contributed by atoms with Crippen molar-refractivity contribution in [1.82, 2.24) is 0 Å². The zero-order valence-corrected chi connectivity index (χ0v) is 24.7. The van der Waals surface area contributed by atoms with Crippen molar-refractivity contribution in [3.63, 3.8) is 0 Å².